The topological polar surface area (TPSA) is 83.2 Å². The molecule has 0 fully saturated rings. The van der Waals surface area contributed by atoms with Gasteiger partial charge in [0.2, 0.25) is 5.56 Å². The Balaban J connectivity index is 0.000000172. The number of carbonyl (C=O) groups excluding carboxylic acids is 1. The van der Waals surface area contributed by atoms with Gasteiger partial charge in [0.25, 0.3) is 0 Å². The van der Waals surface area contributed by atoms with Crippen LogP contribution in [0.25, 0.3) is 10.9 Å². The van der Waals surface area contributed by atoms with Crippen molar-refractivity contribution >= 4 is 28.3 Å². The number of hydrogen-bond donors (Lipinski definition) is 3. The predicted molar refractivity (Wildman–Crippen MR) is 121 cm³/mol. The Hall–Kier alpha value is -4.06. The molecular formula is C24H23N3O3. The van der Waals surface area contributed by atoms with Gasteiger partial charge in [0.05, 0.1) is 12.6 Å². The molecule has 6 heteroatoms. The van der Waals surface area contributed by atoms with Crippen molar-refractivity contribution in [1.29, 1.82) is 0 Å². The Morgan fingerprint density at radius 3 is 1.93 bits per heavy atom. The maximum Gasteiger partial charge on any atom is 0.323 e. The molecule has 0 spiro atoms. The quantitative estimate of drug-likeness (QED) is 0.442. The lowest BCUT2D eigenvalue weighted by molar-refractivity contribution is 0.262. The average Bonchev–Trinajstić information content (AvgIpc) is 2.75. The molecule has 0 radical (unpaired) electrons. The van der Waals surface area contributed by atoms with Crippen molar-refractivity contribution in [2.45, 2.75) is 6.92 Å². The normalized spacial score (nSPS) is 9.93. The Kier molecular flexibility index (Phi) is 6.84. The number of aromatic nitrogens is 1. The second-order valence-corrected chi connectivity index (χ2v) is 6.51. The molecule has 0 atom stereocenters. The van der Waals surface area contributed by atoms with E-state index in [9.17, 15) is 9.59 Å². The van der Waals surface area contributed by atoms with Crippen molar-refractivity contribution in [2.75, 3.05) is 17.7 Å². The van der Waals surface area contributed by atoms with Gasteiger partial charge in [0, 0.05) is 22.8 Å². The molecule has 4 aromatic rings. The number of hydrogen-bond acceptors (Lipinski definition) is 3. The standard InChI is InChI=1S/C13H12N2O.C11H11NO2/c16-13(14-11-7-3-1-4-8-11)15-12-9-5-2-6-10-12;1-7-6-10(13)12-11-8(7)4-3-5-9(11)14-2/h1-10H,(H2,14,15,16);3-6H,1-2H3,(H,12,13). The number of amides is 2. The van der Waals surface area contributed by atoms with E-state index in [1.807, 2.05) is 85.8 Å². The van der Waals surface area contributed by atoms with Gasteiger partial charge in [-0.25, -0.2) is 4.79 Å². The summed E-state index contributed by atoms with van der Waals surface area (Å²) in [7, 11) is 1.59. The van der Waals surface area contributed by atoms with Gasteiger partial charge in [0.1, 0.15) is 5.75 Å². The Morgan fingerprint density at radius 1 is 0.833 bits per heavy atom. The Labute approximate surface area is 174 Å². The number of pyridine rings is 1. The number of methoxy groups -OCH3 is 1. The first-order chi connectivity index (χ1) is 14.6. The number of benzene rings is 3. The van der Waals surface area contributed by atoms with E-state index in [0.29, 0.717) is 5.75 Å². The maximum atomic E-state index is 11.6. The van der Waals surface area contributed by atoms with E-state index in [1.54, 1.807) is 13.2 Å². The number of urea groups is 1. The van der Waals surface area contributed by atoms with E-state index in [2.05, 4.69) is 15.6 Å². The van der Waals surface area contributed by atoms with Crippen LogP contribution in [0.4, 0.5) is 16.2 Å². The largest absolute Gasteiger partial charge is 0.495 e. The van der Waals surface area contributed by atoms with E-state index in [1.165, 1.54) is 0 Å². The number of nitrogens with one attached hydrogen (secondary N) is 3. The Morgan fingerprint density at radius 2 is 1.40 bits per heavy atom. The number of para-hydroxylation sites is 3. The van der Waals surface area contributed by atoms with Crippen LogP contribution < -0.4 is 20.9 Å². The van der Waals surface area contributed by atoms with Crippen LogP contribution in [0.3, 0.4) is 0 Å². The summed E-state index contributed by atoms with van der Waals surface area (Å²) in [6, 6.07) is 25.7. The van der Waals surface area contributed by atoms with Gasteiger partial charge in [-0.1, -0.05) is 48.5 Å². The first-order valence-corrected chi connectivity index (χ1v) is 9.41. The van der Waals surface area contributed by atoms with Crippen LogP contribution in [0, 0.1) is 6.92 Å². The molecule has 2 amide bonds. The summed E-state index contributed by atoms with van der Waals surface area (Å²) in [4.78, 5) is 25.6. The lowest BCUT2D eigenvalue weighted by Crippen LogP contribution is -2.19. The van der Waals surface area contributed by atoms with Crippen LogP contribution in [0.1, 0.15) is 5.56 Å². The van der Waals surface area contributed by atoms with Crippen molar-refractivity contribution in [1.82, 2.24) is 4.98 Å². The molecule has 1 heterocycles. The molecule has 1 aromatic heterocycles. The molecule has 30 heavy (non-hydrogen) atoms. The molecule has 0 saturated heterocycles. The molecule has 152 valence electrons. The molecule has 3 N–H and O–H groups in total. The number of aromatic amines is 1. The molecule has 0 unspecified atom stereocenters. The summed E-state index contributed by atoms with van der Waals surface area (Å²) in [6.45, 7) is 1.91. The molecular weight excluding hydrogens is 378 g/mol. The fourth-order valence-electron chi connectivity index (χ4n) is 2.93. The number of carbonyl (C=O) groups is 1. The number of aryl methyl sites for hydroxylation is 1. The van der Waals surface area contributed by atoms with Gasteiger partial charge in [-0.05, 0) is 42.8 Å². The van der Waals surface area contributed by atoms with Gasteiger partial charge in [-0.3, -0.25) is 4.79 Å². The zero-order chi connectivity index (χ0) is 21.3. The van der Waals surface area contributed by atoms with E-state index < -0.39 is 0 Å². The van der Waals surface area contributed by atoms with Crippen LogP contribution in [-0.4, -0.2) is 18.1 Å². The van der Waals surface area contributed by atoms with Gasteiger partial charge >= 0.3 is 6.03 Å². The van der Waals surface area contributed by atoms with Gasteiger partial charge in [0.15, 0.2) is 0 Å². The zero-order valence-corrected chi connectivity index (χ0v) is 16.8. The van der Waals surface area contributed by atoms with Gasteiger partial charge in [-0.2, -0.15) is 0 Å². The first kappa shape index (κ1) is 20.7. The number of rotatable bonds is 3. The molecule has 0 aliphatic heterocycles. The average molecular weight is 401 g/mol. The maximum absolute atomic E-state index is 11.6. The van der Waals surface area contributed by atoms with Crippen LogP contribution in [-0.2, 0) is 0 Å². The summed E-state index contributed by atoms with van der Waals surface area (Å²) in [5.74, 6) is 0.698. The minimum atomic E-state index is -0.239. The second kappa shape index (κ2) is 9.93. The number of ether oxygens (including phenoxy) is 1. The summed E-state index contributed by atoms with van der Waals surface area (Å²) in [5, 5.41) is 6.50. The van der Waals surface area contributed by atoms with Crippen LogP contribution in [0.15, 0.2) is 89.7 Å². The highest BCUT2D eigenvalue weighted by molar-refractivity contribution is 5.99. The minimum Gasteiger partial charge on any atom is -0.495 e. The molecule has 3 aromatic carbocycles. The molecule has 0 aliphatic carbocycles. The fraction of sp³-hybridized carbons (Fsp3) is 0.0833. The molecule has 0 bridgehead atoms. The van der Waals surface area contributed by atoms with E-state index in [4.69, 9.17) is 4.74 Å². The molecule has 0 saturated carbocycles. The summed E-state index contributed by atoms with van der Waals surface area (Å²) in [6.07, 6.45) is 0. The third-order valence-electron chi connectivity index (χ3n) is 4.33. The summed E-state index contributed by atoms with van der Waals surface area (Å²) < 4.78 is 5.17. The van der Waals surface area contributed by atoms with Crippen molar-refractivity contribution in [3.05, 3.63) is 101 Å². The lowest BCUT2D eigenvalue weighted by Gasteiger charge is -2.06. The van der Waals surface area contributed by atoms with E-state index in [0.717, 1.165) is 27.8 Å². The number of fused-ring (bicyclic) bond motifs is 1. The molecule has 6 nitrogen and oxygen atoms in total. The van der Waals surface area contributed by atoms with Crippen LogP contribution in [0.2, 0.25) is 0 Å². The van der Waals surface area contributed by atoms with Crippen molar-refractivity contribution in [3.63, 3.8) is 0 Å². The second-order valence-electron chi connectivity index (χ2n) is 6.51. The number of anilines is 2. The van der Waals surface area contributed by atoms with Gasteiger partial charge in [-0.15, -0.1) is 0 Å². The monoisotopic (exact) mass is 401 g/mol. The van der Waals surface area contributed by atoms with Gasteiger partial charge < -0.3 is 20.4 Å². The van der Waals surface area contributed by atoms with Crippen molar-refractivity contribution < 1.29 is 9.53 Å². The number of H-pyrrole nitrogens is 1. The lowest BCUT2D eigenvalue weighted by atomic mass is 10.1. The highest BCUT2D eigenvalue weighted by Crippen LogP contribution is 2.23. The molecule has 4 rings (SSSR count). The van der Waals surface area contributed by atoms with E-state index in [-0.39, 0.29) is 11.6 Å². The third kappa shape index (κ3) is 5.48. The highest BCUT2D eigenvalue weighted by atomic mass is 16.5. The highest BCUT2D eigenvalue weighted by Gasteiger charge is 2.04. The molecule has 0 aliphatic rings. The fourth-order valence-corrected chi connectivity index (χ4v) is 2.93. The van der Waals surface area contributed by atoms with Crippen molar-refractivity contribution in [3.8, 4) is 5.75 Å². The Bertz CT molecular complexity index is 1130. The SMILES string of the molecule is COc1cccc2c(C)cc(=O)[nH]c12.O=C(Nc1ccccc1)Nc1ccccc1. The third-order valence-corrected chi connectivity index (χ3v) is 4.33. The summed E-state index contributed by atoms with van der Waals surface area (Å²) >= 11 is 0. The predicted octanol–water partition coefficient (Wildman–Crippen LogP) is 5.18. The van der Waals surface area contributed by atoms with Crippen molar-refractivity contribution in [2.24, 2.45) is 0 Å². The minimum absolute atomic E-state index is 0.0977. The smallest absolute Gasteiger partial charge is 0.323 e. The zero-order valence-electron chi connectivity index (χ0n) is 16.8. The van der Waals surface area contributed by atoms with Crippen LogP contribution >= 0.6 is 0 Å². The summed E-state index contributed by atoms with van der Waals surface area (Å²) in [5.41, 5.74) is 3.18. The van der Waals surface area contributed by atoms with Crippen LogP contribution in [0.5, 0.6) is 5.75 Å². The first-order valence-electron chi connectivity index (χ1n) is 9.41. The van der Waals surface area contributed by atoms with E-state index >= 15 is 0 Å².